The van der Waals surface area contributed by atoms with Crippen molar-refractivity contribution in [2.24, 2.45) is 5.73 Å². The van der Waals surface area contributed by atoms with Gasteiger partial charge in [0.25, 0.3) is 0 Å². The van der Waals surface area contributed by atoms with Crippen LogP contribution in [0.5, 0.6) is 0 Å². The van der Waals surface area contributed by atoms with Crippen LogP contribution >= 0.6 is 0 Å². The van der Waals surface area contributed by atoms with Gasteiger partial charge in [0.05, 0.1) is 0 Å². The molecular formula is C12H20N2. The van der Waals surface area contributed by atoms with Crippen LogP contribution in [0.15, 0.2) is 18.2 Å². The summed E-state index contributed by atoms with van der Waals surface area (Å²) in [5, 5.41) is 0. The van der Waals surface area contributed by atoms with Crippen molar-refractivity contribution in [2.75, 3.05) is 19.0 Å². The topological polar surface area (TPSA) is 29.3 Å². The summed E-state index contributed by atoms with van der Waals surface area (Å²) in [7, 11) is 4.16. The molecule has 0 aromatic heterocycles. The van der Waals surface area contributed by atoms with Crippen molar-refractivity contribution < 1.29 is 0 Å². The van der Waals surface area contributed by atoms with Gasteiger partial charge in [-0.15, -0.1) is 0 Å². The van der Waals surface area contributed by atoms with Crippen LogP contribution in [0.4, 0.5) is 5.69 Å². The Kier molecular flexibility index (Phi) is 3.96. The maximum Gasteiger partial charge on any atom is 0.0396 e. The third-order valence-corrected chi connectivity index (χ3v) is 2.45. The van der Waals surface area contributed by atoms with Crippen molar-refractivity contribution in [3.05, 3.63) is 29.3 Å². The van der Waals surface area contributed by atoms with E-state index in [1.807, 2.05) is 0 Å². The molecule has 0 aliphatic rings. The fourth-order valence-electron chi connectivity index (χ4n) is 1.77. The highest BCUT2D eigenvalue weighted by atomic mass is 15.1. The predicted molar refractivity (Wildman–Crippen MR) is 62.7 cm³/mol. The van der Waals surface area contributed by atoms with Crippen molar-refractivity contribution >= 4 is 5.69 Å². The second-order valence-corrected chi connectivity index (χ2v) is 3.76. The third kappa shape index (κ3) is 2.26. The largest absolute Gasteiger partial charge is 0.377 e. The summed E-state index contributed by atoms with van der Waals surface area (Å²) < 4.78 is 0. The van der Waals surface area contributed by atoms with Gasteiger partial charge in [-0.2, -0.15) is 0 Å². The predicted octanol–water partition coefficient (Wildman–Crippen LogP) is 2.16. The molecule has 0 spiro atoms. The molecule has 0 atom stereocenters. The molecule has 0 unspecified atom stereocenters. The third-order valence-electron chi connectivity index (χ3n) is 2.45. The van der Waals surface area contributed by atoms with Gasteiger partial charge < -0.3 is 10.6 Å². The molecule has 2 heteroatoms. The lowest BCUT2D eigenvalue weighted by atomic mass is 10.0. The van der Waals surface area contributed by atoms with Crippen LogP contribution in [0.3, 0.4) is 0 Å². The molecule has 0 aliphatic carbocycles. The van der Waals surface area contributed by atoms with Crippen molar-refractivity contribution in [1.82, 2.24) is 0 Å². The molecule has 1 aromatic rings. The van der Waals surface area contributed by atoms with Crippen LogP contribution < -0.4 is 10.6 Å². The Balaban J connectivity index is 3.13. The summed E-state index contributed by atoms with van der Waals surface area (Å²) in [4.78, 5) is 2.16. The maximum absolute atomic E-state index is 5.73. The van der Waals surface area contributed by atoms with Gasteiger partial charge in [0.15, 0.2) is 0 Å². The molecule has 78 valence electrons. The van der Waals surface area contributed by atoms with E-state index in [-0.39, 0.29) is 0 Å². The van der Waals surface area contributed by atoms with Gasteiger partial charge in [-0.05, 0) is 23.6 Å². The summed E-state index contributed by atoms with van der Waals surface area (Å²) in [5.74, 6) is 0. The van der Waals surface area contributed by atoms with Crippen LogP contribution in [-0.2, 0) is 13.0 Å². The molecule has 0 amide bonds. The van der Waals surface area contributed by atoms with E-state index in [9.17, 15) is 0 Å². The number of benzene rings is 1. The van der Waals surface area contributed by atoms with E-state index in [4.69, 9.17) is 5.73 Å². The highest BCUT2D eigenvalue weighted by Crippen LogP contribution is 2.23. The Morgan fingerprint density at radius 1 is 1.29 bits per heavy atom. The first-order chi connectivity index (χ1) is 6.70. The monoisotopic (exact) mass is 192 g/mol. The molecule has 0 fully saturated rings. The number of nitrogens with two attached hydrogens (primary N) is 1. The number of hydrogen-bond donors (Lipinski definition) is 1. The zero-order chi connectivity index (χ0) is 10.6. The van der Waals surface area contributed by atoms with Crippen molar-refractivity contribution in [3.8, 4) is 0 Å². The minimum Gasteiger partial charge on any atom is -0.377 e. The highest BCUT2D eigenvalue weighted by molar-refractivity contribution is 5.56. The van der Waals surface area contributed by atoms with E-state index >= 15 is 0 Å². The fraction of sp³-hybridized carbons (Fsp3) is 0.500. The van der Waals surface area contributed by atoms with Crippen molar-refractivity contribution in [3.63, 3.8) is 0 Å². The van der Waals surface area contributed by atoms with Crippen LogP contribution in [0.25, 0.3) is 0 Å². The molecule has 0 saturated carbocycles. The highest BCUT2D eigenvalue weighted by Gasteiger charge is 2.07. The van der Waals surface area contributed by atoms with Gasteiger partial charge in [-0.25, -0.2) is 0 Å². The number of hydrogen-bond acceptors (Lipinski definition) is 2. The van der Waals surface area contributed by atoms with E-state index < -0.39 is 0 Å². The second-order valence-electron chi connectivity index (χ2n) is 3.76. The molecule has 1 rings (SSSR count). The average Bonchev–Trinajstić information content (AvgIpc) is 2.18. The van der Waals surface area contributed by atoms with Gasteiger partial charge in [-0.3, -0.25) is 0 Å². The molecule has 14 heavy (non-hydrogen) atoms. The number of nitrogens with zero attached hydrogens (tertiary/aromatic N) is 1. The Morgan fingerprint density at radius 2 is 2.00 bits per heavy atom. The van der Waals surface area contributed by atoms with E-state index in [1.54, 1.807) is 0 Å². The summed E-state index contributed by atoms with van der Waals surface area (Å²) in [6, 6.07) is 6.36. The molecule has 0 heterocycles. The molecule has 2 nitrogen and oxygen atoms in total. The summed E-state index contributed by atoms with van der Waals surface area (Å²) in [6.07, 6.45) is 2.28. The normalized spacial score (nSPS) is 10.3. The van der Waals surface area contributed by atoms with Crippen LogP contribution in [0.1, 0.15) is 24.5 Å². The van der Waals surface area contributed by atoms with Crippen LogP contribution in [0, 0.1) is 0 Å². The first-order valence-corrected chi connectivity index (χ1v) is 5.18. The van der Waals surface area contributed by atoms with Crippen LogP contribution in [-0.4, -0.2) is 14.1 Å². The van der Waals surface area contributed by atoms with Gasteiger partial charge in [0.2, 0.25) is 0 Å². The summed E-state index contributed by atoms with van der Waals surface area (Å²) in [6.45, 7) is 2.84. The van der Waals surface area contributed by atoms with E-state index in [1.165, 1.54) is 16.8 Å². The molecule has 1 aromatic carbocycles. The molecule has 0 aliphatic heterocycles. The number of anilines is 1. The van der Waals surface area contributed by atoms with Crippen molar-refractivity contribution in [1.29, 1.82) is 0 Å². The minimum absolute atomic E-state index is 0.636. The van der Waals surface area contributed by atoms with Crippen LogP contribution in [0.2, 0.25) is 0 Å². The van der Waals surface area contributed by atoms with E-state index in [0.29, 0.717) is 6.54 Å². The molecule has 2 N–H and O–H groups in total. The summed E-state index contributed by atoms with van der Waals surface area (Å²) >= 11 is 0. The fourth-order valence-corrected chi connectivity index (χ4v) is 1.77. The summed E-state index contributed by atoms with van der Waals surface area (Å²) in [5.41, 5.74) is 9.71. The first-order valence-electron chi connectivity index (χ1n) is 5.18. The smallest absolute Gasteiger partial charge is 0.0396 e. The Hall–Kier alpha value is -1.02. The van der Waals surface area contributed by atoms with Crippen molar-refractivity contribution in [2.45, 2.75) is 26.3 Å². The Bertz CT molecular complexity index is 292. The lowest BCUT2D eigenvalue weighted by Gasteiger charge is -2.19. The first kappa shape index (κ1) is 11.1. The number of rotatable bonds is 4. The average molecular weight is 192 g/mol. The minimum atomic E-state index is 0.636. The standard InChI is InChI=1S/C12H20N2/c1-4-6-11-10(9-13)7-5-8-12(11)14(2)3/h5,7-8H,4,6,9,13H2,1-3H3. The van der Waals surface area contributed by atoms with Gasteiger partial charge in [0, 0.05) is 26.3 Å². The van der Waals surface area contributed by atoms with E-state index in [0.717, 1.165) is 12.8 Å². The van der Waals surface area contributed by atoms with Gasteiger partial charge >= 0.3 is 0 Å². The van der Waals surface area contributed by atoms with Gasteiger partial charge in [-0.1, -0.05) is 25.5 Å². The lowest BCUT2D eigenvalue weighted by Crippen LogP contribution is -2.13. The second kappa shape index (κ2) is 5.01. The SMILES string of the molecule is CCCc1c(CN)cccc1N(C)C. The molecule has 0 radical (unpaired) electrons. The molecule has 0 bridgehead atoms. The molecule has 0 saturated heterocycles. The van der Waals surface area contributed by atoms with Gasteiger partial charge in [0.1, 0.15) is 0 Å². The zero-order valence-electron chi connectivity index (χ0n) is 9.38. The molecular weight excluding hydrogens is 172 g/mol. The Morgan fingerprint density at radius 3 is 2.50 bits per heavy atom. The Labute approximate surface area is 86.7 Å². The zero-order valence-corrected chi connectivity index (χ0v) is 9.38. The van der Waals surface area contributed by atoms with E-state index in [2.05, 4.69) is 44.1 Å². The maximum atomic E-state index is 5.73. The lowest BCUT2D eigenvalue weighted by molar-refractivity contribution is 0.884. The quantitative estimate of drug-likeness (QED) is 0.792.